The Balaban J connectivity index is 1.92. The summed E-state index contributed by atoms with van der Waals surface area (Å²) in [6, 6.07) is 11.8. The summed E-state index contributed by atoms with van der Waals surface area (Å²) in [7, 11) is 0. The minimum atomic E-state index is -0.518. The predicted octanol–water partition coefficient (Wildman–Crippen LogP) is 3.84. The highest BCUT2D eigenvalue weighted by Crippen LogP contribution is 2.18. The average Bonchev–Trinajstić information content (AvgIpc) is 2.43. The number of rotatable bonds is 4. The Labute approximate surface area is 121 Å². The van der Waals surface area contributed by atoms with E-state index in [4.69, 9.17) is 11.6 Å². The van der Waals surface area contributed by atoms with Crippen molar-refractivity contribution in [2.75, 3.05) is 17.2 Å². The van der Waals surface area contributed by atoms with Gasteiger partial charge in [0.05, 0.1) is 11.6 Å². The number of halogens is 2. The van der Waals surface area contributed by atoms with E-state index in [-0.39, 0.29) is 17.5 Å². The van der Waals surface area contributed by atoms with Gasteiger partial charge in [-0.05, 0) is 36.8 Å². The monoisotopic (exact) mass is 292 g/mol. The van der Waals surface area contributed by atoms with E-state index in [9.17, 15) is 9.18 Å². The first-order valence-corrected chi connectivity index (χ1v) is 6.48. The lowest BCUT2D eigenvalue weighted by atomic mass is 10.2. The number of aryl methyl sites for hydroxylation is 1. The zero-order valence-corrected chi connectivity index (χ0v) is 11.7. The van der Waals surface area contributed by atoms with E-state index in [0.29, 0.717) is 5.69 Å². The van der Waals surface area contributed by atoms with Gasteiger partial charge in [0.25, 0.3) is 0 Å². The number of carbonyl (C=O) groups is 1. The maximum absolute atomic E-state index is 13.2. The molecule has 0 aliphatic rings. The lowest BCUT2D eigenvalue weighted by molar-refractivity contribution is -0.114. The molecule has 2 aromatic rings. The van der Waals surface area contributed by atoms with Crippen molar-refractivity contribution in [2.24, 2.45) is 0 Å². The van der Waals surface area contributed by atoms with Crippen LogP contribution >= 0.6 is 11.6 Å². The van der Waals surface area contributed by atoms with Crippen molar-refractivity contribution >= 4 is 28.9 Å². The Bertz CT molecular complexity index is 631. The van der Waals surface area contributed by atoms with Crippen LogP contribution in [0.4, 0.5) is 15.8 Å². The molecule has 0 aromatic heterocycles. The lowest BCUT2D eigenvalue weighted by Crippen LogP contribution is -2.22. The molecule has 0 saturated carbocycles. The molecule has 0 saturated heterocycles. The molecule has 3 nitrogen and oxygen atoms in total. The molecule has 0 spiro atoms. The Morgan fingerprint density at radius 3 is 2.70 bits per heavy atom. The van der Waals surface area contributed by atoms with Crippen molar-refractivity contribution < 1.29 is 9.18 Å². The van der Waals surface area contributed by atoms with Gasteiger partial charge in [-0.15, -0.1) is 0 Å². The van der Waals surface area contributed by atoms with E-state index < -0.39 is 5.82 Å². The molecule has 0 aliphatic heterocycles. The highest BCUT2D eigenvalue weighted by atomic mass is 35.5. The normalized spacial score (nSPS) is 10.2. The van der Waals surface area contributed by atoms with Gasteiger partial charge in [-0.3, -0.25) is 4.79 Å². The Hall–Kier alpha value is -2.07. The second kappa shape index (κ2) is 6.39. The van der Waals surface area contributed by atoms with E-state index in [1.165, 1.54) is 12.1 Å². The van der Waals surface area contributed by atoms with Crippen molar-refractivity contribution in [3.05, 3.63) is 58.9 Å². The Morgan fingerprint density at radius 1 is 1.25 bits per heavy atom. The highest BCUT2D eigenvalue weighted by Gasteiger charge is 2.05. The van der Waals surface area contributed by atoms with Crippen molar-refractivity contribution in [1.82, 2.24) is 0 Å². The molecule has 20 heavy (non-hydrogen) atoms. The summed E-state index contributed by atoms with van der Waals surface area (Å²) in [5.41, 5.74) is 2.26. The summed E-state index contributed by atoms with van der Waals surface area (Å²) in [6.07, 6.45) is 0. The van der Waals surface area contributed by atoms with Crippen LogP contribution in [0, 0.1) is 12.7 Å². The van der Waals surface area contributed by atoms with Crippen molar-refractivity contribution in [2.45, 2.75) is 6.92 Å². The zero-order valence-electron chi connectivity index (χ0n) is 10.9. The van der Waals surface area contributed by atoms with Gasteiger partial charge in [0.1, 0.15) is 5.82 Å². The standard InChI is InChI=1S/C15H14ClFN2O/c1-10-4-2-3-5-14(10)19-15(20)9-18-11-6-7-12(16)13(17)8-11/h2-8,18H,9H2,1H3,(H,19,20). The number of nitrogens with one attached hydrogen (secondary N) is 2. The van der Waals surface area contributed by atoms with Crippen LogP contribution in [0.25, 0.3) is 0 Å². The number of para-hydroxylation sites is 1. The summed E-state index contributed by atoms with van der Waals surface area (Å²) in [4.78, 5) is 11.8. The van der Waals surface area contributed by atoms with Gasteiger partial charge in [0, 0.05) is 11.4 Å². The van der Waals surface area contributed by atoms with E-state index in [2.05, 4.69) is 10.6 Å². The second-order valence-electron chi connectivity index (χ2n) is 4.35. The number of hydrogen-bond donors (Lipinski definition) is 2. The largest absolute Gasteiger partial charge is 0.376 e. The van der Waals surface area contributed by atoms with Gasteiger partial charge in [0.15, 0.2) is 0 Å². The van der Waals surface area contributed by atoms with E-state index >= 15 is 0 Å². The molecule has 0 aliphatic carbocycles. The van der Waals surface area contributed by atoms with Crippen LogP contribution in [0.1, 0.15) is 5.56 Å². The van der Waals surface area contributed by atoms with Gasteiger partial charge in [0.2, 0.25) is 5.91 Å². The Kier molecular flexibility index (Phi) is 4.58. The van der Waals surface area contributed by atoms with Crippen molar-refractivity contribution in [3.63, 3.8) is 0 Å². The van der Waals surface area contributed by atoms with Gasteiger partial charge in [-0.1, -0.05) is 29.8 Å². The second-order valence-corrected chi connectivity index (χ2v) is 4.75. The molecule has 0 heterocycles. The van der Waals surface area contributed by atoms with Crippen LogP contribution in [-0.2, 0) is 4.79 Å². The fourth-order valence-electron chi connectivity index (χ4n) is 1.70. The maximum atomic E-state index is 13.2. The van der Waals surface area contributed by atoms with Crippen LogP contribution < -0.4 is 10.6 Å². The molecule has 0 fully saturated rings. The molecule has 0 radical (unpaired) electrons. The number of carbonyl (C=O) groups excluding carboxylic acids is 1. The van der Waals surface area contributed by atoms with E-state index in [0.717, 1.165) is 11.3 Å². The van der Waals surface area contributed by atoms with Crippen LogP contribution in [0.3, 0.4) is 0 Å². The Morgan fingerprint density at radius 2 is 2.00 bits per heavy atom. The minimum Gasteiger partial charge on any atom is -0.376 e. The SMILES string of the molecule is Cc1ccccc1NC(=O)CNc1ccc(Cl)c(F)c1. The topological polar surface area (TPSA) is 41.1 Å². The van der Waals surface area contributed by atoms with Crippen LogP contribution in [0.5, 0.6) is 0 Å². The predicted molar refractivity (Wildman–Crippen MR) is 79.7 cm³/mol. The third-order valence-electron chi connectivity index (χ3n) is 2.79. The first-order chi connectivity index (χ1) is 9.56. The number of amides is 1. The number of hydrogen-bond acceptors (Lipinski definition) is 2. The van der Waals surface area contributed by atoms with Crippen LogP contribution in [-0.4, -0.2) is 12.5 Å². The molecular formula is C15H14ClFN2O. The summed E-state index contributed by atoms with van der Waals surface area (Å²) < 4.78 is 13.2. The first kappa shape index (κ1) is 14.3. The molecule has 2 N–H and O–H groups in total. The molecule has 104 valence electrons. The molecule has 0 unspecified atom stereocenters. The number of anilines is 2. The lowest BCUT2D eigenvalue weighted by Gasteiger charge is -2.10. The van der Waals surface area contributed by atoms with E-state index in [1.54, 1.807) is 6.07 Å². The summed E-state index contributed by atoms with van der Waals surface area (Å²) in [6.45, 7) is 1.97. The third-order valence-corrected chi connectivity index (χ3v) is 3.10. The van der Waals surface area contributed by atoms with Gasteiger partial charge in [-0.25, -0.2) is 4.39 Å². The first-order valence-electron chi connectivity index (χ1n) is 6.10. The van der Waals surface area contributed by atoms with Gasteiger partial charge >= 0.3 is 0 Å². The molecule has 2 rings (SSSR count). The van der Waals surface area contributed by atoms with Gasteiger partial charge < -0.3 is 10.6 Å². The molecular weight excluding hydrogens is 279 g/mol. The molecule has 5 heteroatoms. The quantitative estimate of drug-likeness (QED) is 0.899. The summed E-state index contributed by atoms with van der Waals surface area (Å²) in [5, 5.41) is 5.68. The maximum Gasteiger partial charge on any atom is 0.243 e. The fraction of sp³-hybridized carbons (Fsp3) is 0.133. The number of benzene rings is 2. The van der Waals surface area contributed by atoms with E-state index in [1.807, 2.05) is 31.2 Å². The van der Waals surface area contributed by atoms with Gasteiger partial charge in [-0.2, -0.15) is 0 Å². The fourth-order valence-corrected chi connectivity index (χ4v) is 1.81. The van der Waals surface area contributed by atoms with Crippen LogP contribution in [0.15, 0.2) is 42.5 Å². The molecule has 0 atom stereocenters. The third kappa shape index (κ3) is 3.71. The molecule has 0 bridgehead atoms. The summed E-state index contributed by atoms with van der Waals surface area (Å²) >= 11 is 5.59. The smallest absolute Gasteiger partial charge is 0.243 e. The molecule has 2 aromatic carbocycles. The molecule has 1 amide bonds. The van der Waals surface area contributed by atoms with Crippen LogP contribution in [0.2, 0.25) is 5.02 Å². The average molecular weight is 293 g/mol. The summed E-state index contributed by atoms with van der Waals surface area (Å²) in [5.74, 6) is -0.717. The highest BCUT2D eigenvalue weighted by molar-refractivity contribution is 6.30. The zero-order chi connectivity index (χ0) is 14.5. The van der Waals surface area contributed by atoms with Crippen molar-refractivity contribution in [3.8, 4) is 0 Å². The minimum absolute atomic E-state index is 0.0510. The van der Waals surface area contributed by atoms with Crippen molar-refractivity contribution in [1.29, 1.82) is 0 Å².